The third-order valence-electron chi connectivity index (χ3n) is 5.51. The number of hydrogen-bond donors (Lipinski definition) is 1. The van der Waals surface area contributed by atoms with E-state index in [1.54, 1.807) is 0 Å². The van der Waals surface area contributed by atoms with Crippen molar-refractivity contribution in [3.8, 4) is 0 Å². The van der Waals surface area contributed by atoms with E-state index < -0.39 is 0 Å². The van der Waals surface area contributed by atoms with Gasteiger partial charge >= 0.3 is 6.03 Å². The molecule has 2 aromatic carbocycles. The van der Waals surface area contributed by atoms with Crippen molar-refractivity contribution in [2.75, 3.05) is 36.4 Å². The van der Waals surface area contributed by atoms with Gasteiger partial charge in [-0.15, -0.1) is 0 Å². The first-order valence-electron chi connectivity index (χ1n) is 10.1. The number of nitrogens with one attached hydrogen (secondary N) is 1. The van der Waals surface area contributed by atoms with Crippen LogP contribution in [0.25, 0.3) is 16.6 Å². The van der Waals surface area contributed by atoms with E-state index >= 15 is 0 Å². The Balaban J connectivity index is 1.39. The SMILES string of the molecule is O=C(Nc1ccccc1)N1CCCN(c2nc3cc(Br)ccc3n3cccc23)CC1. The van der Waals surface area contributed by atoms with Gasteiger partial charge in [0.25, 0.3) is 0 Å². The fraction of sp³-hybridized carbons (Fsp3) is 0.217. The normalized spacial score (nSPS) is 14.8. The lowest BCUT2D eigenvalue weighted by molar-refractivity contribution is 0.215. The lowest BCUT2D eigenvalue weighted by Crippen LogP contribution is -2.38. The highest BCUT2D eigenvalue weighted by molar-refractivity contribution is 9.10. The van der Waals surface area contributed by atoms with E-state index in [0.29, 0.717) is 6.54 Å². The minimum atomic E-state index is -0.0497. The molecule has 0 radical (unpaired) electrons. The summed E-state index contributed by atoms with van der Waals surface area (Å²) >= 11 is 3.56. The summed E-state index contributed by atoms with van der Waals surface area (Å²) in [7, 11) is 0. The maximum absolute atomic E-state index is 12.7. The van der Waals surface area contributed by atoms with Crippen molar-refractivity contribution >= 4 is 50.0 Å². The Morgan fingerprint density at radius 2 is 1.80 bits per heavy atom. The van der Waals surface area contributed by atoms with Crippen LogP contribution in [0.5, 0.6) is 0 Å². The lowest BCUT2D eigenvalue weighted by Gasteiger charge is -2.24. The van der Waals surface area contributed by atoms with Crippen molar-refractivity contribution in [1.29, 1.82) is 0 Å². The first-order chi connectivity index (χ1) is 14.7. The molecule has 152 valence electrons. The van der Waals surface area contributed by atoms with Gasteiger partial charge in [-0.05, 0) is 48.9 Å². The highest BCUT2D eigenvalue weighted by Crippen LogP contribution is 2.28. The van der Waals surface area contributed by atoms with Crippen LogP contribution in [0.2, 0.25) is 0 Å². The molecule has 7 heteroatoms. The van der Waals surface area contributed by atoms with E-state index in [1.807, 2.05) is 41.3 Å². The molecule has 0 saturated carbocycles. The second-order valence-electron chi connectivity index (χ2n) is 7.46. The number of anilines is 2. The number of carbonyl (C=O) groups excluding carboxylic acids is 1. The molecule has 0 unspecified atom stereocenters. The van der Waals surface area contributed by atoms with Gasteiger partial charge in [-0.3, -0.25) is 0 Å². The lowest BCUT2D eigenvalue weighted by atomic mass is 10.3. The number of carbonyl (C=O) groups is 1. The molecule has 1 saturated heterocycles. The molecule has 0 bridgehead atoms. The Morgan fingerprint density at radius 3 is 2.67 bits per heavy atom. The van der Waals surface area contributed by atoms with Crippen LogP contribution in [-0.4, -0.2) is 46.5 Å². The molecule has 1 fully saturated rings. The largest absolute Gasteiger partial charge is 0.353 e. The average molecular weight is 464 g/mol. The summed E-state index contributed by atoms with van der Waals surface area (Å²) in [6.07, 6.45) is 2.97. The van der Waals surface area contributed by atoms with E-state index in [-0.39, 0.29) is 6.03 Å². The van der Waals surface area contributed by atoms with Crippen LogP contribution in [0.3, 0.4) is 0 Å². The van der Waals surface area contributed by atoms with Crippen molar-refractivity contribution in [3.05, 3.63) is 71.3 Å². The highest BCUT2D eigenvalue weighted by Gasteiger charge is 2.22. The first-order valence-corrected chi connectivity index (χ1v) is 10.9. The predicted octanol–water partition coefficient (Wildman–Crippen LogP) is 4.99. The number of fused-ring (bicyclic) bond motifs is 3. The van der Waals surface area contributed by atoms with E-state index in [9.17, 15) is 4.79 Å². The molecule has 6 nitrogen and oxygen atoms in total. The van der Waals surface area contributed by atoms with Gasteiger partial charge in [-0.2, -0.15) is 0 Å². The zero-order valence-electron chi connectivity index (χ0n) is 16.5. The molecule has 2 amide bonds. The summed E-state index contributed by atoms with van der Waals surface area (Å²) in [5.41, 5.74) is 3.94. The summed E-state index contributed by atoms with van der Waals surface area (Å²) in [6, 6.07) is 19.9. The Labute approximate surface area is 183 Å². The molecule has 1 aliphatic rings. The maximum Gasteiger partial charge on any atom is 0.321 e. The van der Waals surface area contributed by atoms with Crippen molar-refractivity contribution in [2.24, 2.45) is 0 Å². The number of urea groups is 1. The molecule has 1 aliphatic heterocycles. The molecule has 2 aromatic heterocycles. The van der Waals surface area contributed by atoms with Crippen molar-refractivity contribution in [2.45, 2.75) is 6.42 Å². The van der Waals surface area contributed by atoms with E-state index in [2.05, 4.69) is 61.0 Å². The summed E-state index contributed by atoms with van der Waals surface area (Å²) < 4.78 is 3.20. The van der Waals surface area contributed by atoms with Crippen molar-refractivity contribution in [3.63, 3.8) is 0 Å². The quantitative estimate of drug-likeness (QED) is 0.455. The van der Waals surface area contributed by atoms with Crippen LogP contribution in [0.4, 0.5) is 16.3 Å². The van der Waals surface area contributed by atoms with Crippen LogP contribution >= 0.6 is 15.9 Å². The van der Waals surface area contributed by atoms with Gasteiger partial charge in [0.2, 0.25) is 0 Å². The molecule has 30 heavy (non-hydrogen) atoms. The molecule has 4 aromatic rings. The standard InChI is InChI=1S/C23H22BrN5O/c24-17-9-10-20-19(16-17)26-22(21-8-4-13-29(20)21)27-11-5-12-28(15-14-27)23(30)25-18-6-2-1-3-7-18/h1-4,6-10,13,16H,5,11-12,14-15H2,(H,25,30). The second kappa shape index (κ2) is 7.99. The van der Waals surface area contributed by atoms with Crippen LogP contribution in [0, 0.1) is 0 Å². The zero-order chi connectivity index (χ0) is 20.5. The minimum Gasteiger partial charge on any atom is -0.353 e. The average Bonchev–Trinajstić information content (AvgIpc) is 3.11. The number of nitrogens with zero attached hydrogens (tertiary/aromatic N) is 4. The van der Waals surface area contributed by atoms with Crippen LogP contribution in [0.15, 0.2) is 71.3 Å². The number of amides is 2. The summed E-state index contributed by atoms with van der Waals surface area (Å²) in [6.45, 7) is 2.99. The number of benzene rings is 2. The second-order valence-corrected chi connectivity index (χ2v) is 8.37. The topological polar surface area (TPSA) is 52.9 Å². The van der Waals surface area contributed by atoms with E-state index in [4.69, 9.17) is 4.98 Å². The third kappa shape index (κ3) is 3.61. The highest BCUT2D eigenvalue weighted by atomic mass is 79.9. The fourth-order valence-electron chi connectivity index (χ4n) is 4.02. The monoisotopic (exact) mass is 463 g/mol. The Bertz CT molecular complexity index is 1210. The number of halogens is 1. The van der Waals surface area contributed by atoms with Gasteiger partial charge in [0.1, 0.15) is 0 Å². The van der Waals surface area contributed by atoms with Crippen LogP contribution in [-0.2, 0) is 0 Å². The number of para-hydroxylation sites is 1. The van der Waals surface area contributed by atoms with Crippen molar-refractivity contribution in [1.82, 2.24) is 14.3 Å². The Morgan fingerprint density at radius 1 is 0.933 bits per heavy atom. The van der Waals surface area contributed by atoms with Gasteiger partial charge in [0.15, 0.2) is 5.82 Å². The fourth-order valence-corrected chi connectivity index (χ4v) is 4.37. The van der Waals surface area contributed by atoms with Crippen molar-refractivity contribution < 1.29 is 4.79 Å². The summed E-state index contributed by atoms with van der Waals surface area (Å²) in [4.78, 5) is 21.9. The van der Waals surface area contributed by atoms with Gasteiger partial charge in [0.05, 0.1) is 16.6 Å². The molecular formula is C23H22BrN5O. The molecule has 3 heterocycles. The Kier molecular flexibility index (Phi) is 5.04. The molecule has 5 rings (SSSR count). The van der Waals surface area contributed by atoms with Crippen LogP contribution in [0.1, 0.15) is 6.42 Å². The number of aromatic nitrogens is 2. The maximum atomic E-state index is 12.7. The molecule has 0 aliphatic carbocycles. The predicted molar refractivity (Wildman–Crippen MR) is 124 cm³/mol. The third-order valence-corrected chi connectivity index (χ3v) is 6.00. The number of hydrogen-bond acceptors (Lipinski definition) is 3. The first kappa shape index (κ1) is 18.9. The van der Waals surface area contributed by atoms with Crippen LogP contribution < -0.4 is 10.2 Å². The minimum absolute atomic E-state index is 0.0497. The summed E-state index contributed by atoms with van der Waals surface area (Å²) in [5.74, 6) is 0.968. The van der Waals surface area contributed by atoms with Gasteiger partial charge in [-0.25, -0.2) is 9.78 Å². The molecule has 1 N–H and O–H groups in total. The smallest absolute Gasteiger partial charge is 0.321 e. The van der Waals surface area contributed by atoms with Gasteiger partial charge in [0, 0.05) is 42.5 Å². The van der Waals surface area contributed by atoms with E-state index in [1.165, 1.54) is 0 Å². The number of rotatable bonds is 2. The summed E-state index contributed by atoms with van der Waals surface area (Å²) in [5, 5.41) is 2.99. The molecular weight excluding hydrogens is 442 g/mol. The molecule has 0 atom stereocenters. The molecule has 0 spiro atoms. The van der Waals surface area contributed by atoms with E-state index in [0.717, 1.165) is 58.6 Å². The van der Waals surface area contributed by atoms with Gasteiger partial charge < -0.3 is 19.5 Å². The zero-order valence-corrected chi connectivity index (χ0v) is 18.0. The van der Waals surface area contributed by atoms with Gasteiger partial charge in [-0.1, -0.05) is 34.1 Å². The Hall–Kier alpha value is -3.06.